The van der Waals surface area contributed by atoms with Crippen LogP contribution in [0.2, 0.25) is 0 Å². The van der Waals surface area contributed by atoms with Crippen LogP contribution in [0.5, 0.6) is 5.75 Å². The largest absolute Gasteiger partial charge is 0.497 e. The number of carbonyl (C=O) groups is 1. The summed E-state index contributed by atoms with van der Waals surface area (Å²) in [5.41, 5.74) is 1.13. The summed E-state index contributed by atoms with van der Waals surface area (Å²) < 4.78 is 16.2. The number of rotatable bonds is 6. The van der Waals surface area contributed by atoms with E-state index in [1.165, 1.54) is 0 Å². The van der Waals surface area contributed by atoms with Gasteiger partial charge in [0.1, 0.15) is 5.75 Å². The van der Waals surface area contributed by atoms with Crippen LogP contribution < -0.4 is 4.74 Å². The Balaban J connectivity index is 1.43. The lowest BCUT2D eigenvalue weighted by Gasteiger charge is -2.35. The van der Waals surface area contributed by atoms with Crippen molar-refractivity contribution < 1.29 is 19.0 Å². The average molecular weight is 334 g/mol. The van der Waals surface area contributed by atoms with Crippen molar-refractivity contribution in [2.45, 2.75) is 19.1 Å². The standard InChI is InChI=1S/C18H26N2O4/c1-22-16-4-2-15(3-5-16)12-20-9-8-19(13-18(20)21)7-6-17-14-23-10-11-24-17/h2-5,17H,6-14H2,1H3. The zero-order chi connectivity index (χ0) is 16.8. The molecule has 2 aliphatic rings. The second kappa shape index (κ2) is 8.46. The van der Waals surface area contributed by atoms with Gasteiger partial charge >= 0.3 is 0 Å². The van der Waals surface area contributed by atoms with Crippen molar-refractivity contribution in [2.24, 2.45) is 0 Å². The third-order valence-electron chi connectivity index (χ3n) is 4.58. The SMILES string of the molecule is COc1ccc(CN2CCN(CCC3COCCO3)CC2=O)cc1. The zero-order valence-corrected chi connectivity index (χ0v) is 14.3. The van der Waals surface area contributed by atoms with Crippen LogP contribution in [0.1, 0.15) is 12.0 Å². The minimum Gasteiger partial charge on any atom is -0.497 e. The van der Waals surface area contributed by atoms with E-state index in [1.54, 1.807) is 7.11 Å². The Labute approximate surface area is 143 Å². The smallest absolute Gasteiger partial charge is 0.237 e. The second-order valence-electron chi connectivity index (χ2n) is 6.30. The fourth-order valence-electron chi connectivity index (χ4n) is 3.10. The Hall–Kier alpha value is -1.63. The molecule has 2 fully saturated rings. The van der Waals surface area contributed by atoms with Crippen LogP contribution in [0.25, 0.3) is 0 Å². The molecule has 6 heteroatoms. The highest BCUT2D eigenvalue weighted by Crippen LogP contribution is 2.15. The normalized spacial score (nSPS) is 22.6. The number of piperazine rings is 1. The van der Waals surface area contributed by atoms with Crippen LogP contribution in [0.15, 0.2) is 24.3 Å². The Bertz CT molecular complexity index is 528. The summed E-state index contributed by atoms with van der Waals surface area (Å²) in [5.74, 6) is 1.03. The minimum absolute atomic E-state index is 0.172. The van der Waals surface area contributed by atoms with Gasteiger partial charge in [0.15, 0.2) is 0 Å². The Morgan fingerprint density at radius 3 is 2.71 bits per heavy atom. The molecule has 2 heterocycles. The molecule has 0 N–H and O–H groups in total. The first-order chi connectivity index (χ1) is 11.7. The average Bonchev–Trinajstić information content (AvgIpc) is 2.63. The summed E-state index contributed by atoms with van der Waals surface area (Å²) in [6.07, 6.45) is 1.09. The van der Waals surface area contributed by atoms with E-state index in [-0.39, 0.29) is 12.0 Å². The van der Waals surface area contributed by atoms with Gasteiger partial charge in [-0.2, -0.15) is 0 Å². The maximum absolute atomic E-state index is 12.4. The van der Waals surface area contributed by atoms with Gasteiger partial charge in [-0.25, -0.2) is 0 Å². The van der Waals surface area contributed by atoms with E-state index in [9.17, 15) is 4.79 Å². The molecule has 0 spiro atoms. The molecule has 2 aliphatic heterocycles. The van der Waals surface area contributed by atoms with E-state index in [2.05, 4.69) is 4.90 Å². The highest BCUT2D eigenvalue weighted by atomic mass is 16.6. The molecule has 132 valence electrons. The predicted octanol–water partition coefficient (Wildman–Crippen LogP) is 1.14. The van der Waals surface area contributed by atoms with Gasteiger partial charge in [-0.05, 0) is 24.1 Å². The highest BCUT2D eigenvalue weighted by molar-refractivity contribution is 5.79. The van der Waals surface area contributed by atoms with E-state index in [4.69, 9.17) is 14.2 Å². The number of carbonyl (C=O) groups excluding carboxylic acids is 1. The Kier molecular flexibility index (Phi) is 6.07. The van der Waals surface area contributed by atoms with Gasteiger partial charge < -0.3 is 19.1 Å². The van der Waals surface area contributed by atoms with E-state index in [0.717, 1.165) is 37.4 Å². The Morgan fingerprint density at radius 2 is 2.04 bits per heavy atom. The minimum atomic E-state index is 0.172. The topological polar surface area (TPSA) is 51.2 Å². The molecule has 0 radical (unpaired) electrons. The third-order valence-corrected chi connectivity index (χ3v) is 4.58. The quantitative estimate of drug-likeness (QED) is 0.781. The van der Waals surface area contributed by atoms with Crippen molar-refractivity contribution in [3.8, 4) is 5.75 Å². The van der Waals surface area contributed by atoms with Crippen molar-refractivity contribution in [2.75, 3.05) is 53.1 Å². The van der Waals surface area contributed by atoms with Crippen LogP contribution in [-0.4, -0.2) is 74.9 Å². The van der Waals surface area contributed by atoms with Crippen LogP contribution >= 0.6 is 0 Å². The van der Waals surface area contributed by atoms with Crippen molar-refractivity contribution in [1.82, 2.24) is 9.80 Å². The summed E-state index contributed by atoms with van der Waals surface area (Å²) in [7, 11) is 1.66. The lowest BCUT2D eigenvalue weighted by molar-refractivity contribution is -0.137. The van der Waals surface area contributed by atoms with Crippen molar-refractivity contribution in [3.05, 3.63) is 29.8 Å². The van der Waals surface area contributed by atoms with Crippen LogP contribution in [0.3, 0.4) is 0 Å². The van der Waals surface area contributed by atoms with Crippen molar-refractivity contribution in [1.29, 1.82) is 0 Å². The van der Waals surface area contributed by atoms with E-state index in [0.29, 0.717) is 32.9 Å². The Morgan fingerprint density at radius 1 is 1.21 bits per heavy atom. The lowest BCUT2D eigenvalue weighted by Crippen LogP contribution is -2.50. The van der Waals surface area contributed by atoms with Gasteiger partial charge in [0.2, 0.25) is 5.91 Å². The fourth-order valence-corrected chi connectivity index (χ4v) is 3.10. The van der Waals surface area contributed by atoms with E-state index < -0.39 is 0 Å². The van der Waals surface area contributed by atoms with Crippen LogP contribution in [-0.2, 0) is 20.8 Å². The van der Waals surface area contributed by atoms with E-state index >= 15 is 0 Å². The van der Waals surface area contributed by atoms with Crippen LogP contribution in [0.4, 0.5) is 0 Å². The third kappa shape index (κ3) is 4.69. The van der Waals surface area contributed by atoms with Gasteiger partial charge in [0.25, 0.3) is 0 Å². The molecule has 0 saturated carbocycles. The number of nitrogens with zero attached hydrogens (tertiary/aromatic N) is 2. The molecular weight excluding hydrogens is 308 g/mol. The molecule has 1 aromatic rings. The number of ether oxygens (including phenoxy) is 3. The van der Waals surface area contributed by atoms with E-state index in [1.807, 2.05) is 29.2 Å². The first-order valence-electron chi connectivity index (χ1n) is 8.57. The molecular formula is C18H26N2O4. The summed E-state index contributed by atoms with van der Waals surface area (Å²) in [6.45, 7) is 5.77. The van der Waals surface area contributed by atoms with Gasteiger partial charge in [-0.1, -0.05) is 12.1 Å². The number of hydrogen-bond acceptors (Lipinski definition) is 5. The van der Waals surface area contributed by atoms with Gasteiger partial charge in [0.05, 0.1) is 39.6 Å². The molecule has 0 aliphatic carbocycles. The lowest BCUT2D eigenvalue weighted by atomic mass is 10.1. The number of benzene rings is 1. The molecule has 24 heavy (non-hydrogen) atoms. The summed E-state index contributed by atoms with van der Waals surface area (Å²) in [6, 6.07) is 7.89. The van der Waals surface area contributed by atoms with Gasteiger partial charge in [-0.15, -0.1) is 0 Å². The maximum atomic E-state index is 12.4. The van der Waals surface area contributed by atoms with Crippen molar-refractivity contribution in [3.63, 3.8) is 0 Å². The molecule has 2 saturated heterocycles. The molecule has 0 aromatic heterocycles. The molecule has 1 atom stereocenters. The molecule has 0 bridgehead atoms. The number of amides is 1. The molecule has 1 amide bonds. The van der Waals surface area contributed by atoms with Gasteiger partial charge in [0, 0.05) is 26.2 Å². The first-order valence-corrected chi connectivity index (χ1v) is 8.57. The maximum Gasteiger partial charge on any atom is 0.237 e. The van der Waals surface area contributed by atoms with Gasteiger partial charge in [-0.3, -0.25) is 9.69 Å². The first kappa shape index (κ1) is 17.2. The second-order valence-corrected chi connectivity index (χ2v) is 6.30. The van der Waals surface area contributed by atoms with Crippen molar-refractivity contribution >= 4 is 5.91 Å². The van der Waals surface area contributed by atoms with Crippen LogP contribution in [0, 0.1) is 0 Å². The summed E-state index contributed by atoms with van der Waals surface area (Å²) in [4.78, 5) is 16.5. The summed E-state index contributed by atoms with van der Waals surface area (Å²) in [5, 5.41) is 0. The number of hydrogen-bond donors (Lipinski definition) is 0. The summed E-state index contributed by atoms with van der Waals surface area (Å²) >= 11 is 0. The zero-order valence-electron chi connectivity index (χ0n) is 14.3. The molecule has 1 unspecified atom stereocenters. The molecule has 6 nitrogen and oxygen atoms in total. The highest BCUT2D eigenvalue weighted by Gasteiger charge is 2.25. The monoisotopic (exact) mass is 334 g/mol. The number of methoxy groups -OCH3 is 1. The molecule has 1 aromatic carbocycles. The fraction of sp³-hybridized carbons (Fsp3) is 0.611. The molecule has 3 rings (SSSR count). The predicted molar refractivity (Wildman–Crippen MR) is 90.0 cm³/mol.